The van der Waals surface area contributed by atoms with Gasteiger partial charge in [-0.3, -0.25) is 0 Å². The molecule has 3 nitrogen and oxygen atoms in total. The zero-order valence-corrected chi connectivity index (χ0v) is 8.87. The molecule has 0 saturated heterocycles. The highest BCUT2D eigenvalue weighted by Gasteiger charge is 2.11. The summed E-state index contributed by atoms with van der Waals surface area (Å²) in [5.41, 5.74) is -0.141. The molecule has 0 aliphatic heterocycles. The lowest BCUT2D eigenvalue weighted by molar-refractivity contribution is -0.0152. The van der Waals surface area contributed by atoms with Gasteiger partial charge in [-0.25, -0.2) is 0 Å². The van der Waals surface area contributed by atoms with Crippen LogP contribution in [0.5, 0.6) is 0 Å². The molecule has 0 fully saturated rings. The molecule has 0 N–H and O–H groups in total. The van der Waals surface area contributed by atoms with Gasteiger partial charge in [-0.05, 0) is 32.4 Å². The van der Waals surface area contributed by atoms with Crippen molar-refractivity contribution in [1.29, 1.82) is 0 Å². The molecule has 0 bridgehead atoms. The number of rotatable bonds is 2. The van der Waals surface area contributed by atoms with E-state index in [9.17, 15) is 0 Å². The van der Waals surface area contributed by atoms with Crippen LogP contribution in [0.3, 0.4) is 0 Å². The van der Waals surface area contributed by atoms with Crippen molar-refractivity contribution in [3.63, 3.8) is 0 Å². The fraction of sp³-hybridized carbons (Fsp3) is 0.714. The van der Waals surface area contributed by atoms with E-state index < -0.39 is 0 Å². The quantitative estimate of drug-likeness (QED) is 0.746. The summed E-state index contributed by atoms with van der Waals surface area (Å²) in [4.78, 5) is 0. The Morgan fingerprint density at radius 2 is 2.08 bits per heavy atom. The van der Waals surface area contributed by atoms with Crippen LogP contribution < -0.4 is 0 Å². The summed E-state index contributed by atoms with van der Waals surface area (Å²) < 4.78 is 5.94. The topological polar surface area (TPSA) is 35.0 Å². The Bertz CT molecular complexity index is 256. The van der Waals surface area contributed by atoms with Crippen molar-refractivity contribution < 1.29 is 4.74 Å². The van der Waals surface area contributed by atoms with Crippen LogP contribution in [0.1, 0.15) is 25.8 Å². The van der Waals surface area contributed by atoms with Crippen molar-refractivity contribution in [1.82, 2.24) is 10.2 Å². The smallest absolute Gasteiger partial charge is 0.207 e. The number of ether oxygens (including phenoxy) is 1. The Balaban J connectivity index is 2.44. The van der Waals surface area contributed by atoms with Gasteiger partial charge < -0.3 is 4.74 Å². The highest BCUT2D eigenvalue weighted by atomic mass is 35.5. The molecule has 0 amide bonds. The number of hydrogen-bond donors (Lipinski definition) is 0. The van der Waals surface area contributed by atoms with Crippen molar-refractivity contribution in [2.24, 2.45) is 0 Å². The Hall–Kier alpha value is -0.190. The lowest BCUT2D eigenvalue weighted by Gasteiger charge is -2.17. The minimum absolute atomic E-state index is 0.141. The molecule has 1 aromatic heterocycles. The van der Waals surface area contributed by atoms with E-state index in [2.05, 4.69) is 10.2 Å². The third-order valence-corrected chi connectivity index (χ3v) is 2.06. The van der Waals surface area contributed by atoms with Gasteiger partial charge in [0.05, 0.1) is 5.60 Å². The summed E-state index contributed by atoms with van der Waals surface area (Å²) in [5.74, 6) is 0. The first-order valence-corrected chi connectivity index (χ1v) is 4.79. The van der Waals surface area contributed by atoms with E-state index in [0.29, 0.717) is 11.1 Å². The third-order valence-electron chi connectivity index (χ3n) is 1.07. The number of halogens is 1. The summed E-state index contributed by atoms with van der Waals surface area (Å²) in [7, 11) is 0. The molecule has 1 rings (SSSR count). The van der Waals surface area contributed by atoms with Crippen molar-refractivity contribution in [3.8, 4) is 0 Å². The fourth-order valence-corrected chi connectivity index (χ4v) is 1.35. The second-order valence-corrected chi connectivity index (χ2v) is 4.99. The molecule has 0 atom stereocenters. The van der Waals surface area contributed by atoms with Crippen LogP contribution in [0.15, 0.2) is 0 Å². The van der Waals surface area contributed by atoms with Crippen molar-refractivity contribution in [3.05, 3.63) is 9.47 Å². The van der Waals surface area contributed by atoms with E-state index in [-0.39, 0.29) is 5.60 Å². The summed E-state index contributed by atoms with van der Waals surface area (Å²) in [5, 5.41) is 8.32. The van der Waals surface area contributed by atoms with E-state index >= 15 is 0 Å². The summed E-state index contributed by atoms with van der Waals surface area (Å²) in [6.07, 6.45) is 0. The monoisotopic (exact) mass is 206 g/mol. The lowest BCUT2D eigenvalue weighted by Crippen LogP contribution is -2.18. The van der Waals surface area contributed by atoms with Gasteiger partial charge in [-0.2, -0.15) is 0 Å². The molecule has 0 radical (unpaired) electrons. The van der Waals surface area contributed by atoms with Gasteiger partial charge >= 0.3 is 0 Å². The molecule has 5 heteroatoms. The number of aromatic nitrogens is 2. The second-order valence-electron chi connectivity index (χ2n) is 3.35. The van der Waals surface area contributed by atoms with Gasteiger partial charge in [-0.1, -0.05) is 11.3 Å². The predicted molar refractivity (Wildman–Crippen MR) is 49.5 cm³/mol. The molecule has 1 heterocycles. The van der Waals surface area contributed by atoms with Gasteiger partial charge in [0.2, 0.25) is 4.47 Å². The Morgan fingerprint density at radius 3 is 2.50 bits per heavy atom. The lowest BCUT2D eigenvalue weighted by atomic mass is 10.2. The van der Waals surface area contributed by atoms with Crippen LogP contribution >= 0.6 is 22.9 Å². The fourth-order valence-electron chi connectivity index (χ4n) is 0.570. The molecule has 0 aliphatic carbocycles. The standard InChI is InChI=1S/C7H11ClN2OS/c1-7(2,3)11-4-5-9-10-6(8)12-5/h4H2,1-3H3. The average Bonchev–Trinajstić information content (AvgIpc) is 2.30. The van der Waals surface area contributed by atoms with Crippen molar-refractivity contribution in [2.45, 2.75) is 33.0 Å². The Morgan fingerprint density at radius 1 is 1.42 bits per heavy atom. The van der Waals surface area contributed by atoms with E-state index in [1.54, 1.807) is 0 Å². The Labute approximate surface area is 80.7 Å². The first-order chi connectivity index (χ1) is 5.47. The summed E-state index contributed by atoms with van der Waals surface area (Å²) in [6.45, 7) is 6.47. The molecule has 68 valence electrons. The molecule has 1 aromatic rings. The highest BCUT2D eigenvalue weighted by Crippen LogP contribution is 2.18. The maximum absolute atomic E-state index is 5.60. The summed E-state index contributed by atoms with van der Waals surface area (Å²) >= 11 is 6.95. The van der Waals surface area contributed by atoms with E-state index in [1.807, 2.05) is 20.8 Å². The van der Waals surface area contributed by atoms with Crippen LogP contribution in [-0.2, 0) is 11.3 Å². The zero-order chi connectivity index (χ0) is 9.19. The SMILES string of the molecule is CC(C)(C)OCc1nnc(Cl)s1. The predicted octanol–water partition coefficient (Wildman–Crippen LogP) is 2.51. The number of nitrogens with zero attached hydrogens (tertiary/aromatic N) is 2. The van der Waals surface area contributed by atoms with Crippen LogP contribution in [0.25, 0.3) is 0 Å². The van der Waals surface area contributed by atoms with Gasteiger partial charge in [-0.15, -0.1) is 10.2 Å². The Kier molecular flexibility index (Phi) is 3.04. The first kappa shape index (κ1) is 9.89. The zero-order valence-electron chi connectivity index (χ0n) is 7.30. The largest absolute Gasteiger partial charge is 0.369 e. The van der Waals surface area contributed by atoms with Gasteiger partial charge in [0.15, 0.2) is 0 Å². The normalized spacial score (nSPS) is 12.0. The number of hydrogen-bond acceptors (Lipinski definition) is 4. The molecule has 0 aromatic carbocycles. The highest BCUT2D eigenvalue weighted by molar-refractivity contribution is 7.15. The maximum Gasteiger partial charge on any atom is 0.207 e. The third kappa shape index (κ3) is 3.47. The summed E-state index contributed by atoms with van der Waals surface area (Å²) in [6, 6.07) is 0. The van der Waals surface area contributed by atoms with Gasteiger partial charge in [0.25, 0.3) is 0 Å². The van der Waals surface area contributed by atoms with Crippen LogP contribution in [0.2, 0.25) is 4.47 Å². The molecular formula is C7H11ClN2OS. The minimum Gasteiger partial charge on any atom is -0.369 e. The molecule has 0 spiro atoms. The van der Waals surface area contributed by atoms with Crippen molar-refractivity contribution in [2.75, 3.05) is 0 Å². The van der Waals surface area contributed by atoms with E-state index in [4.69, 9.17) is 16.3 Å². The van der Waals surface area contributed by atoms with Crippen LogP contribution in [-0.4, -0.2) is 15.8 Å². The second kappa shape index (κ2) is 3.68. The molecule has 12 heavy (non-hydrogen) atoms. The first-order valence-electron chi connectivity index (χ1n) is 3.59. The maximum atomic E-state index is 5.60. The minimum atomic E-state index is -0.141. The van der Waals surface area contributed by atoms with Crippen LogP contribution in [0.4, 0.5) is 0 Å². The van der Waals surface area contributed by atoms with E-state index in [0.717, 1.165) is 5.01 Å². The molecular weight excluding hydrogens is 196 g/mol. The molecule has 0 saturated carbocycles. The van der Waals surface area contributed by atoms with Gasteiger partial charge in [0, 0.05) is 0 Å². The molecule has 0 aliphatic rings. The average molecular weight is 207 g/mol. The van der Waals surface area contributed by atoms with Crippen molar-refractivity contribution >= 4 is 22.9 Å². The molecule has 0 unspecified atom stereocenters. The van der Waals surface area contributed by atoms with E-state index in [1.165, 1.54) is 11.3 Å². The van der Waals surface area contributed by atoms with Gasteiger partial charge in [0.1, 0.15) is 11.6 Å². The van der Waals surface area contributed by atoms with Crippen LogP contribution in [0, 0.1) is 0 Å².